The van der Waals surface area contributed by atoms with E-state index >= 15 is 0 Å². The van der Waals surface area contributed by atoms with Gasteiger partial charge in [0.25, 0.3) is 0 Å². The Kier molecular flexibility index (Phi) is 8.25. The Morgan fingerprint density at radius 2 is 0.917 bits per heavy atom. The maximum atomic E-state index is 2.40. The zero-order valence-corrected chi connectivity index (χ0v) is 16.6. The Morgan fingerprint density at radius 3 is 1.08 bits per heavy atom. The minimum absolute atomic E-state index is 0.613. The van der Waals surface area contributed by atoms with Gasteiger partial charge in [-0.15, -0.1) is 0 Å². The highest BCUT2D eigenvalue weighted by atomic mass is 14.4. The van der Waals surface area contributed by atoms with Crippen molar-refractivity contribution < 1.29 is 0 Å². The van der Waals surface area contributed by atoms with Crippen LogP contribution in [0.1, 0.15) is 64.5 Å². The van der Waals surface area contributed by atoms with Crippen LogP contribution < -0.4 is 0 Å². The first-order valence-electron chi connectivity index (χ1n) is 9.24. The van der Waals surface area contributed by atoms with E-state index < -0.39 is 0 Å². The topological polar surface area (TPSA) is 0 Å². The molecule has 0 aromatic heterocycles. The molecule has 132 valence electrons. The molecule has 0 amide bonds. The van der Waals surface area contributed by atoms with Crippen LogP contribution in [0.25, 0.3) is 0 Å². The van der Waals surface area contributed by atoms with Gasteiger partial charge in [0.05, 0.1) is 0 Å². The van der Waals surface area contributed by atoms with Crippen LogP contribution in [0, 0.1) is 24.7 Å². The summed E-state index contributed by atoms with van der Waals surface area (Å²) in [6, 6.07) is 20.5. The van der Waals surface area contributed by atoms with E-state index in [1.165, 1.54) is 36.8 Å². The predicted octanol–water partition coefficient (Wildman–Crippen LogP) is 7.60. The highest BCUT2D eigenvalue weighted by Crippen LogP contribution is 2.45. The summed E-state index contributed by atoms with van der Waals surface area (Å²) in [4.78, 5) is 0. The number of rotatable bonds is 0. The molecule has 3 rings (SSSR count). The van der Waals surface area contributed by atoms with Crippen LogP contribution in [-0.4, -0.2) is 0 Å². The minimum atomic E-state index is 0.613. The Bertz CT molecular complexity index is 498. The number of hydrogen-bond donors (Lipinski definition) is 0. The Hall–Kier alpha value is -1.56. The number of benzene rings is 2. The van der Waals surface area contributed by atoms with Gasteiger partial charge in [-0.05, 0) is 43.9 Å². The van der Waals surface area contributed by atoms with Crippen molar-refractivity contribution in [3.05, 3.63) is 71.8 Å². The van der Waals surface area contributed by atoms with Crippen molar-refractivity contribution in [1.82, 2.24) is 0 Å². The fourth-order valence-corrected chi connectivity index (χ4v) is 3.59. The molecule has 1 aliphatic carbocycles. The van der Waals surface area contributed by atoms with E-state index in [1.54, 1.807) is 0 Å². The summed E-state index contributed by atoms with van der Waals surface area (Å²) in [5, 5.41) is 0. The monoisotopic (exact) mass is 324 g/mol. The van der Waals surface area contributed by atoms with E-state index in [9.17, 15) is 0 Å². The van der Waals surface area contributed by atoms with Crippen LogP contribution in [0.4, 0.5) is 0 Å². The largest absolute Gasteiger partial charge is 0.0622 e. The summed E-state index contributed by atoms with van der Waals surface area (Å²) < 4.78 is 0. The highest BCUT2D eigenvalue weighted by Gasteiger charge is 2.32. The lowest BCUT2D eigenvalue weighted by Crippen LogP contribution is -2.28. The lowest BCUT2D eigenvalue weighted by molar-refractivity contribution is 0.116. The first-order chi connectivity index (χ1) is 11.2. The van der Waals surface area contributed by atoms with Crippen LogP contribution in [-0.2, 0) is 0 Å². The molecule has 0 N–H and O–H groups in total. The van der Waals surface area contributed by atoms with Gasteiger partial charge in [-0.3, -0.25) is 0 Å². The lowest BCUT2D eigenvalue weighted by Gasteiger charge is -2.40. The molecule has 0 aliphatic heterocycles. The van der Waals surface area contributed by atoms with E-state index in [1.807, 2.05) is 36.4 Å². The summed E-state index contributed by atoms with van der Waals surface area (Å²) in [6.45, 7) is 13.8. The SMILES string of the molecule is CC1(C)CCCC(C)(C)C1.Cc1ccccc1.Cc1ccccc1. The first kappa shape index (κ1) is 20.5. The molecule has 0 heterocycles. The number of hydrogen-bond acceptors (Lipinski definition) is 0. The maximum absolute atomic E-state index is 2.40. The third kappa shape index (κ3) is 9.55. The van der Waals surface area contributed by atoms with Crippen LogP contribution in [0.2, 0.25) is 0 Å². The molecular weight excluding hydrogens is 288 g/mol. The van der Waals surface area contributed by atoms with Crippen molar-refractivity contribution in [2.24, 2.45) is 10.8 Å². The summed E-state index contributed by atoms with van der Waals surface area (Å²) in [7, 11) is 0. The van der Waals surface area contributed by atoms with Crippen LogP contribution >= 0.6 is 0 Å². The summed E-state index contributed by atoms with van der Waals surface area (Å²) in [5.41, 5.74) is 3.87. The quantitative estimate of drug-likeness (QED) is 0.468. The van der Waals surface area contributed by atoms with Gasteiger partial charge in [0, 0.05) is 0 Å². The third-order valence-electron chi connectivity index (χ3n) is 4.55. The third-order valence-corrected chi connectivity index (χ3v) is 4.55. The molecule has 0 bridgehead atoms. The molecule has 2 aromatic rings. The van der Waals surface area contributed by atoms with E-state index in [0.717, 1.165) is 0 Å². The lowest BCUT2D eigenvalue weighted by atomic mass is 9.65. The second kappa shape index (κ2) is 9.67. The summed E-state index contributed by atoms with van der Waals surface area (Å²) in [6.07, 6.45) is 5.69. The molecule has 0 radical (unpaired) electrons. The summed E-state index contributed by atoms with van der Waals surface area (Å²) in [5.74, 6) is 0. The smallest absolute Gasteiger partial charge is 0.0349 e. The van der Waals surface area contributed by atoms with Crippen molar-refractivity contribution in [3.63, 3.8) is 0 Å². The van der Waals surface area contributed by atoms with Gasteiger partial charge in [0.2, 0.25) is 0 Å². The zero-order chi connectivity index (χ0) is 18.1. The van der Waals surface area contributed by atoms with Gasteiger partial charge < -0.3 is 0 Å². The van der Waals surface area contributed by atoms with Crippen LogP contribution in [0.5, 0.6) is 0 Å². The minimum Gasteiger partial charge on any atom is -0.0622 e. The van der Waals surface area contributed by atoms with Crippen LogP contribution in [0.3, 0.4) is 0 Å². The molecule has 0 nitrogen and oxygen atoms in total. The molecular formula is C24H36. The fraction of sp³-hybridized carbons (Fsp3) is 0.500. The molecule has 0 saturated heterocycles. The van der Waals surface area contributed by atoms with Gasteiger partial charge in [-0.25, -0.2) is 0 Å². The van der Waals surface area contributed by atoms with Gasteiger partial charge >= 0.3 is 0 Å². The second-order valence-electron chi connectivity index (χ2n) is 8.67. The molecule has 2 aromatic carbocycles. The van der Waals surface area contributed by atoms with Crippen molar-refractivity contribution in [3.8, 4) is 0 Å². The number of aryl methyl sites for hydroxylation is 2. The standard InChI is InChI=1S/C10H20.2C7H8/c1-9(2)6-5-7-10(3,4)8-9;2*1-7-5-3-2-4-6-7/h5-8H2,1-4H3;2*2-6H,1H3. The average Bonchev–Trinajstić information content (AvgIpc) is 2.47. The van der Waals surface area contributed by atoms with Gasteiger partial charge in [0.1, 0.15) is 0 Å². The Balaban J connectivity index is 0.000000185. The van der Waals surface area contributed by atoms with Crippen molar-refractivity contribution in [1.29, 1.82) is 0 Å². The van der Waals surface area contributed by atoms with Gasteiger partial charge in [0.15, 0.2) is 0 Å². The molecule has 1 aliphatic rings. The Labute approximate surface area is 150 Å². The van der Waals surface area contributed by atoms with E-state index in [0.29, 0.717) is 10.8 Å². The molecule has 0 unspecified atom stereocenters. The molecule has 0 spiro atoms. The Morgan fingerprint density at radius 1 is 0.583 bits per heavy atom. The zero-order valence-electron chi connectivity index (χ0n) is 16.6. The van der Waals surface area contributed by atoms with Gasteiger partial charge in [-0.1, -0.05) is 106 Å². The molecule has 1 fully saturated rings. The van der Waals surface area contributed by atoms with E-state index in [4.69, 9.17) is 0 Å². The molecule has 0 heteroatoms. The highest BCUT2D eigenvalue weighted by molar-refractivity contribution is 5.12. The van der Waals surface area contributed by atoms with E-state index in [-0.39, 0.29) is 0 Å². The fourth-order valence-electron chi connectivity index (χ4n) is 3.59. The predicted molar refractivity (Wildman–Crippen MR) is 108 cm³/mol. The van der Waals surface area contributed by atoms with Crippen molar-refractivity contribution in [2.45, 2.75) is 67.2 Å². The van der Waals surface area contributed by atoms with E-state index in [2.05, 4.69) is 65.8 Å². The summed E-state index contributed by atoms with van der Waals surface area (Å²) >= 11 is 0. The normalized spacial score (nSPS) is 17.6. The van der Waals surface area contributed by atoms with Crippen molar-refractivity contribution in [2.75, 3.05) is 0 Å². The first-order valence-corrected chi connectivity index (χ1v) is 9.24. The molecule has 1 saturated carbocycles. The van der Waals surface area contributed by atoms with Gasteiger partial charge in [-0.2, -0.15) is 0 Å². The average molecular weight is 325 g/mol. The van der Waals surface area contributed by atoms with Crippen LogP contribution in [0.15, 0.2) is 60.7 Å². The maximum Gasteiger partial charge on any atom is -0.0349 e. The molecule has 0 atom stereocenters. The second-order valence-corrected chi connectivity index (χ2v) is 8.67. The molecule has 24 heavy (non-hydrogen) atoms. The van der Waals surface area contributed by atoms with Crippen molar-refractivity contribution >= 4 is 0 Å².